The van der Waals surface area contributed by atoms with Gasteiger partial charge in [0, 0.05) is 12.2 Å². The van der Waals surface area contributed by atoms with Gasteiger partial charge in [0.15, 0.2) is 11.5 Å². The van der Waals surface area contributed by atoms with Crippen molar-refractivity contribution in [2.45, 2.75) is 32.2 Å². The van der Waals surface area contributed by atoms with Crippen molar-refractivity contribution in [1.82, 2.24) is 9.88 Å². The van der Waals surface area contributed by atoms with Crippen LogP contribution in [0, 0.1) is 6.92 Å². The molecule has 2 heterocycles. The zero-order valence-corrected chi connectivity index (χ0v) is 19.6. The Labute approximate surface area is 195 Å². The zero-order valence-electron chi connectivity index (χ0n) is 19.6. The first-order valence-electron chi connectivity index (χ1n) is 11.2. The van der Waals surface area contributed by atoms with Gasteiger partial charge in [0.1, 0.15) is 5.75 Å². The fourth-order valence-electron chi connectivity index (χ4n) is 4.45. The summed E-state index contributed by atoms with van der Waals surface area (Å²) in [4.78, 5) is 20.1. The summed E-state index contributed by atoms with van der Waals surface area (Å²) < 4.78 is 16.0. The second-order valence-corrected chi connectivity index (χ2v) is 8.26. The van der Waals surface area contributed by atoms with Gasteiger partial charge >= 0.3 is 0 Å². The molecule has 6 nitrogen and oxygen atoms in total. The van der Waals surface area contributed by atoms with Gasteiger partial charge in [0.05, 0.1) is 39.5 Å². The Kier molecular flexibility index (Phi) is 6.82. The molecular formula is C27H30N2O4. The molecule has 33 heavy (non-hydrogen) atoms. The number of carbonyl (C=O) groups is 1. The Balaban J connectivity index is 1.56. The van der Waals surface area contributed by atoms with E-state index in [0.717, 1.165) is 53.2 Å². The highest BCUT2D eigenvalue weighted by molar-refractivity contribution is 5.80. The predicted octanol–water partition coefficient (Wildman–Crippen LogP) is 4.99. The number of pyridine rings is 1. The molecule has 4 rings (SSSR count). The highest BCUT2D eigenvalue weighted by Gasteiger charge is 2.31. The zero-order chi connectivity index (χ0) is 23.4. The number of ether oxygens (including phenoxy) is 3. The van der Waals surface area contributed by atoms with Gasteiger partial charge in [-0.3, -0.25) is 9.78 Å². The first kappa shape index (κ1) is 22.6. The fourth-order valence-corrected chi connectivity index (χ4v) is 4.45. The van der Waals surface area contributed by atoms with Crippen LogP contribution in [0.25, 0.3) is 11.1 Å². The van der Waals surface area contributed by atoms with E-state index in [4.69, 9.17) is 19.2 Å². The number of likely N-dealkylation sites (tertiary alicyclic amines) is 1. The standard InChI is InChI=1S/C27H30N2O4/c1-18-14-21(20-8-10-22(31-2)11-9-20)17-23(28-18)24-6-5-13-29(24)27(30)16-19-7-12-25(32-3)26(15-19)33-4/h7-12,14-15,17,24H,5-6,13,16H2,1-4H3/t24-/m0/s1. The number of rotatable bonds is 7. The molecule has 1 amide bonds. The topological polar surface area (TPSA) is 60.9 Å². The molecule has 1 fully saturated rings. The van der Waals surface area contributed by atoms with E-state index in [9.17, 15) is 4.79 Å². The number of aryl methyl sites for hydroxylation is 1. The van der Waals surface area contributed by atoms with Gasteiger partial charge in [0.2, 0.25) is 5.91 Å². The van der Waals surface area contributed by atoms with E-state index in [1.54, 1.807) is 21.3 Å². The molecule has 0 bridgehead atoms. The number of hydrogen-bond acceptors (Lipinski definition) is 5. The molecule has 6 heteroatoms. The maximum absolute atomic E-state index is 13.3. The minimum atomic E-state index is -0.0189. The molecular weight excluding hydrogens is 416 g/mol. The molecule has 0 saturated carbocycles. The Bertz CT molecular complexity index is 1130. The van der Waals surface area contributed by atoms with Crippen LogP contribution in [-0.2, 0) is 11.2 Å². The number of aromatic nitrogens is 1. The Hall–Kier alpha value is -3.54. The number of carbonyl (C=O) groups excluding carboxylic acids is 1. The summed E-state index contributed by atoms with van der Waals surface area (Å²) in [5.41, 5.74) is 4.99. The van der Waals surface area contributed by atoms with Crippen LogP contribution in [0.3, 0.4) is 0 Å². The third-order valence-electron chi connectivity index (χ3n) is 6.11. The van der Waals surface area contributed by atoms with Crippen LogP contribution in [-0.4, -0.2) is 43.7 Å². The molecule has 1 aromatic heterocycles. The number of amides is 1. The van der Waals surface area contributed by atoms with Crippen LogP contribution in [0.1, 0.15) is 35.8 Å². The molecule has 1 atom stereocenters. The smallest absolute Gasteiger partial charge is 0.227 e. The van der Waals surface area contributed by atoms with Crippen molar-refractivity contribution in [3.8, 4) is 28.4 Å². The predicted molar refractivity (Wildman–Crippen MR) is 128 cm³/mol. The van der Waals surface area contributed by atoms with Crippen LogP contribution in [0.15, 0.2) is 54.6 Å². The van der Waals surface area contributed by atoms with E-state index in [-0.39, 0.29) is 11.9 Å². The summed E-state index contributed by atoms with van der Waals surface area (Å²) in [6.45, 7) is 2.74. The molecule has 0 N–H and O–H groups in total. The summed E-state index contributed by atoms with van der Waals surface area (Å²) in [5.74, 6) is 2.21. The minimum absolute atomic E-state index is 0.0189. The Morgan fingerprint density at radius 1 is 0.939 bits per heavy atom. The quantitative estimate of drug-likeness (QED) is 0.512. The summed E-state index contributed by atoms with van der Waals surface area (Å²) in [7, 11) is 4.87. The van der Waals surface area contributed by atoms with Crippen LogP contribution in [0.5, 0.6) is 17.2 Å². The maximum Gasteiger partial charge on any atom is 0.227 e. The number of benzene rings is 2. The lowest BCUT2D eigenvalue weighted by atomic mass is 10.0. The van der Waals surface area contributed by atoms with Crippen molar-refractivity contribution in [3.63, 3.8) is 0 Å². The van der Waals surface area contributed by atoms with Crippen molar-refractivity contribution in [2.24, 2.45) is 0 Å². The molecule has 172 valence electrons. The van der Waals surface area contributed by atoms with E-state index in [0.29, 0.717) is 17.9 Å². The van der Waals surface area contributed by atoms with Gasteiger partial charge < -0.3 is 19.1 Å². The fraction of sp³-hybridized carbons (Fsp3) is 0.333. The highest BCUT2D eigenvalue weighted by Crippen LogP contribution is 2.35. The monoisotopic (exact) mass is 446 g/mol. The molecule has 3 aromatic rings. The number of nitrogens with zero attached hydrogens (tertiary/aromatic N) is 2. The molecule has 1 aliphatic rings. The van der Waals surface area contributed by atoms with Crippen molar-refractivity contribution in [1.29, 1.82) is 0 Å². The van der Waals surface area contributed by atoms with Gasteiger partial charge in [-0.05, 0) is 72.9 Å². The minimum Gasteiger partial charge on any atom is -0.497 e. The normalized spacial score (nSPS) is 15.4. The molecule has 0 spiro atoms. The summed E-state index contributed by atoms with van der Waals surface area (Å²) >= 11 is 0. The van der Waals surface area contributed by atoms with E-state index < -0.39 is 0 Å². The molecule has 2 aromatic carbocycles. The third-order valence-corrected chi connectivity index (χ3v) is 6.11. The Morgan fingerprint density at radius 2 is 1.70 bits per heavy atom. The third kappa shape index (κ3) is 4.95. The molecule has 1 saturated heterocycles. The van der Waals surface area contributed by atoms with Gasteiger partial charge in [-0.15, -0.1) is 0 Å². The lowest BCUT2D eigenvalue weighted by Crippen LogP contribution is -2.32. The highest BCUT2D eigenvalue weighted by atomic mass is 16.5. The van der Waals surface area contributed by atoms with E-state index in [2.05, 4.69) is 12.1 Å². The van der Waals surface area contributed by atoms with Gasteiger partial charge in [-0.2, -0.15) is 0 Å². The van der Waals surface area contributed by atoms with Crippen molar-refractivity contribution in [2.75, 3.05) is 27.9 Å². The van der Waals surface area contributed by atoms with Crippen molar-refractivity contribution >= 4 is 5.91 Å². The second kappa shape index (κ2) is 9.94. The van der Waals surface area contributed by atoms with Crippen LogP contribution >= 0.6 is 0 Å². The Morgan fingerprint density at radius 3 is 2.39 bits per heavy atom. The van der Waals surface area contributed by atoms with E-state index in [1.165, 1.54) is 0 Å². The summed E-state index contributed by atoms with van der Waals surface area (Å²) in [6.07, 6.45) is 2.19. The molecule has 0 unspecified atom stereocenters. The molecule has 0 radical (unpaired) electrons. The van der Waals surface area contributed by atoms with Gasteiger partial charge in [-0.25, -0.2) is 0 Å². The summed E-state index contributed by atoms with van der Waals surface area (Å²) in [6, 6.07) is 17.8. The van der Waals surface area contributed by atoms with Crippen molar-refractivity contribution in [3.05, 3.63) is 71.5 Å². The van der Waals surface area contributed by atoms with Crippen LogP contribution in [0.2, 0.25) is 0 Å². The number of hydrogen-bond donors (Lipinski definition) is 0. The first-order valence-corrected chi connectivity index (χ1v) is 11.2. The number of methoxy groups -OCH3 is 3. The lowest BCUT2D eigenvalue weighted by molar-refractivity contribution is -0.131. The van der Waals surface area contributed by atoms with E-state index >= 15 is 0 Å². The largest absolute Gasteiger partial charge is 0.497 e. The average molecular weight is 447 g/mol. The van der Waals surface area contributed by atoms with Crippen LogP contribution in [0.4, 0.5) is 0 Å². The van der Waals surface area contributed by atoms with Crippen LogP contribution < -0.4 is 14.2 Å². The molecule has 1 aliphatic heterocycles. The van der Waals surface area contributed by atoms with Gasteiger partial charge in [-0.1, -0.05) is 18.2 Å². The van der Waals surface area contributed by atoms with Crippen molar-refractivity contribution < 1.29 is 19.0 Å². The first-order chi connectivity index (χ1) is 16.0. The van der Waals surface area contributed by atoms with E-state index in [1.807, 2.05) is 54.3 Å². The lowest BCUT2D eigenvalue weighted by Gasteiger charge is -2.25. The molecule has 0 aliphatic carbocycles. The maximum atomic E-state index is 13.3. The summed E-state index contributed by atoms with van der Waals surface area (Å²) in [5, 5.41) is 0. The second-order valence-electron chi connectivity index (χ2n) is 8.26. The SMILES string of the molecule is COc1ccc(-c2cc(C)nc([C@@H]3CCCN3C(=O)Cc3ccc(OC)c(OC)c3)c2)cc1. The van der Waals surface area contributed by atoms with Gasteiger partial charge in [0.25, 0.3) is 0 Å². The average Bonchev–Trinajstić information content (AvgIpc) is 3.34.